The summed E-state index contributed by atoms with van der Waals surface area (Å²) in [6, 6.07) is 1.96. The van der Waals surface area contributed by atoms with E-state index in [4.69, 9.17) is 0 Å². The Labute approximate surface area is 99.1 Å². The fourth-order valence-electron chi connectivity index (χ4n) is 1.71. The van der Waals surface area contributed by atoms with Gasteiger partial charge in [-0.05, 0) is 19.9 Å². The molecular weight excluding hydrogens is 218 g/mol. The number of carbonyl (C=O) groups is 1. The topological polar surface area (TPSA) is 72.2 Å². The van der Waals surface area contributed by atoms with E-state index in [1.54, 1.807) is 0 Å². The van der Waals surface area contributed by atoms with Crippen LogP contribution in [0.3, 0.4) is 0 Å². The van der Waals surface area contributed by atoms with E-state index >= 15 is 0 Å². The van der Waals surface area contributed by atoms with Crippen LogP contribution in [0.2, 0.25) is 0 Å². The number of aryl methyl sites for hydroxylation is 2. The first-order valence-corrected chi connectivity index (χ1v) is 5.56. The quantitative estimate of drug-likeness (QED) is 0.849. The lowest BCUT2D eigenvalue weighted by Gasteiger charge is -2.05. The molecular formula is C11H15N5O. The maximum Gasteiger partial charge on any atom is 0.255 e. The third-order valence-electron chi connectivity index (χ3n) is 2.52. The van der Waals surface area contributed by atoms with Crippen LogP contribution < -0.4 is 5.32 Å². The fraction of sp³-hybridized carbons (Fsp3) is 0.455. The SMILES string of the molecule is CCC(=O)NCc1nnc2nc(C)cc(C)n12. The lowest BCUT2D eigenvalue weighted by Crippen LogP contribution is -2.23. The Balaban J connectivity index is 2.33. The molecule has 2 aromatic heterocycles. The average molecular weight is 233 g/mol. The number of hydrogen-bond donors (Lipinski definition) is 1. The van der Waals surface area contributed by atoms with Gasteiger partial charge in [0.05, 0.1) is 6.54 Å². The van der Waals surface area contributed by atoms with Crippen LogP contribution in [0.1, 0.15) is 30.6 Å². The minimum absolute atomic E-state index is 0.000487. The molecule has 0 aliphatic heterocycles. The molecule has 1 N–H and O–H groups in total. The smallest absolute Gasteiger partial charge is 0.255 e. The minimum atomic E-state index is -0.000487. The first kappa shape index (κ1) is 11.5. The zero-order valence-electron chi connectivity index (χ0n) is 10.2. The van der Waals surface area contributed by atoms with E-state index in [2.05, 4.69) is 20.5 Å². The van der Waals surface area contributed by atoms with E-state index in [0.29, 0.717) is 24.6 Å². The van der Waals surface area contributed by atoms with E-state index in [1.807, 2.05) is 31.2 Å². The summed E-state index contributed by atoms with van der Waals surface area (Å²) in [7, 11) is 0. The summed E-state index contributed by atoms with van der Waals surface area (Å²) in [4.78, 5) is 15.5. The molecule has 6 nitrogen and oxygen atoms in total. The number of nitrogens with one attached hydrogen (secondary N) is 1. The molecule has 0 spiro atoms. The Kier molecular flexibility index (Phi) is 3.03. The van der Waals surface area contributed by atoms with Crippen molar-refractivity contribution >= 4 is 11.7 Å². The Morgan fingerprint density at radius 1 is 1.41 bits per heavy atom. The van der Waals surface area contributed by atoms with Gasteiger partial charge < -0.3 is 5.32 Å². The molecule has 0 aromatic carbocycles. The van der Waals surface area contributed by atoms with Gasteiger partial charge in [0.25, 0.3) is 5.78 Å². The zero-order valence-corrected chi connectivity index (χ0v) is 10.2. The Hall–Kier alpha value is -1.98. The summed E-state index contributed by atoms with van der Waals surface area (Å²) in [5.41, 5.74) is 1.92. The number of fused-ring (bicyclic) bond motifs is 1. The van der Waals surface area contributed by atoms with Gasteiger partial charge in [0.2, 0.25) is 5.91 Å². The summed E-state index contributed by atoms with van der Waals surface area (Å²) < 4.78 is 1.85. The van der Waals surface area contributed by atoms with Gasteiger partial charge in [0.1, 0.15) is 0 Å². The van der Waals surface area contributed by atoms with Gasteiger partial charge in [-0.2, -0.15) is 0 Å². The Morgan fingerprint density at radius 2 is 2.18 bits per heavy atom. The van der Waals surface area contributed by atoms with Crippen molar-refractivity contribution in [2.75, 3.05) is 0 Å². The molecule has 0 aliphatic rings. The van der Waals surface area contributed by atoms with Gasteiger partial charge in [0, 0.05) is 17.8 Å². The number of rotatable bonds is 3. The van der Waals surface area contributed by atoms with Crippen LogP contribution in [0.15, 0.2) is 6.07 Å². The second-order valence-corrected chi connectivity index (χ2v) is 3.92. The largest absolute Gasteiger partial charge is 0.349 e. The van der Waals surface area contributed by atoms with E-state index in [1.165, 1.54) is 0 Å². The summed E-state index contributed by atoms with van der Waals surface area (Å²) in [5, 5.41) is 10.8. The van der Waals surface area contributed by atoms with E-state index < -0.39 is 0 Å². The van der Waals surface area contributed by atoms with Crippen molar-refractivity contribution in [1.82, 2.24) is 24.9 Å². The molecule has 90 valence electrons. The second kappa shape index (κ2) is 4.48. The lowest BCUT2D eigenvalue weighted by molar-refractivity contribution is -0.120. The summed E-state index contributed by atoms with van der Waals surface area (Å²) in [5.74, 6) is 1.27. The van der Waals surface area contributed by atoms with Crippen LogP contribution in [0.5, 0.6) is 0 Å². The molecule has 0 atom stereocenters. The van der Waals surface area contributed by atoms with Crippen molar-refractivity contribution in [3.63, 3.8) is 0 Å². The third-order valence-corrected chi connectivity index (χ3v) is 2.52. The highest BCUT2D eigenvalue weighted by atomic mass is 16.1. The highest BCUT2D eigenvalue weighted by Crippen LogP contribution is 2.07. The van der Waals surface area contributed by atoms with Crippen molar-refractivity contribution in [3.8, 4) is 0 Å². The maximum atomic E-state index is 11.2. The van der Waals surface area contributed by atoms with Crippen molar-refractivity contribution in [2.45, 2.75) is 33.7 Å². The van der Waals surface area contributed by atoms with Crippen LogP contribution in [-0.2, 0) is 11.3 Å². The normalized spacial score (nSPS) is 10.8. The molecule has 0 unspecified atom stereocenters. The zero-order chi connectivity index (χ0) is 12.4. The first-order valence-electron chi connectivity index (χ1n) is 5.56. The lowest BCUT2D eigenvalue weighted by atomic mass is 10.3. The summed E-state index contributed by atoms with van der Waals surface area (Å²) in [6.45, 7) is 6.07. The number of nitrogens with zero attached hydrogens (tertiary/aromatic N) is 4. The van der Waals surface area contributed by atoms with Gasteiger partial charge in [-0.3, -0.25) is 9.20 Å². The molecule has 17 heavy (non-hydrogen) atoms. The monoisotopic (exact) mass is 233 g/mol. The number of carbonyl (C=O) groups excluding carboxylic acids is 1. The van der Waals surface area contributed by atoms with Gasteiger partial charge in [0.15, 0.2) is 5.82 Å². The predicted molar refractivity (Wildman–Crippen MR) is 62.4 cm³/mol. The molecule has 0 saturated heterocycles. The van der Waals surface area contributed by atoms with E-state index in [9.17, 15) is 4.79 Å². The van der Waals surface area contributed by atoms with Crippen LogP contribution in [0.4, 0.5) is 0 Å². The highest BCUT2D eigenvalue weighted by molar-refractivity contribution is 5.75. The van der Waals surface area contributed by atoms with Gasteiger partial charge in [-0.15, -0.1) is 10.2 Å². The van der Waals surface area contributed by atoms with Crippen molar-refractivity contribution in [3.05, 3.63) is 23.3 Å². The first-order chi connectivity index (χ1) is 8.11. The van der Waals surface area contributed by atoms with Gasteiger partial charge >= 0.3 is 0 Å². The molecule has 2 aromatic rings. The molecule has 2 heterocycles. The molecule has 0 aliphatic carbocycles. The number of aromatic nitrogens is 4. The summed E-state index contributed by atoms with van der Waals surface area (Å²) in [6.07, 6.45) is 0.465. The van der Waals surface area contributed by atoms with Gasteiger partial charge in [-0.25, -0.2) is 4.98 Å². The number of hydrogen-bond acceptors (Lipinski definition) is 4. The van der Waals surface area contributed by atoms with Crippen LogP contribution in [0.25, 0.3) is 5.78 Å². The molecule has 1 amide bonds. The maximum absolute atomic E-state index is 11.2. The highest BCUT2D eigenvalue weighted by Gasteiger charge is 2.09. The molecule has 6 heteroatoms. The van der Waals surface area contributed by atoms with Crippen molar-refractivity contribution in [1.29, 1.82) is 0 Å². The molecule has 0 radical (unpaired) electrons. The standard InChI is InChI=1S/C11H15N5O/c1-4-10(17)12-6-9-14-15-11-13-7(2)5-8(3)16(9)11/h5H,4,6H2,1-3H3,(H,12,17). The second-order valence-electron chi connectivity index (χ2n) is 3.92. The van der Waals surface area contributed by atoms with Crippen LogP contribution in [0, 0.1) is 13.8 Å². The van der Waals surface area contributed by atoms with Gasteiger partial charge in [-0.1, -0.05) is 6.92 Å². The third kappa shape index (κ3) is 2.25. The summed E-state index contributed by atoms with van der Waals surface area (Å²) >= 11 is 0. The minimum Gasteiger partial charge on any atom is -0.349 e. The Morgan fingerprint density at radius 3 is 2.88 bits per heavy atom. The van der Waals surface area contributed by atoms with Crippen molar-refractivity contribution in [2.24, 2.45) is 0 Å². The van der Waals surface area contributed by atoms with E-state index in [0.717, 1.165) is 11.4 Å². The van der Waals surface area contributed by atoms with Crippen LogP contribution in [-0.4, -0.2) is 25.5 Å². The average Bonchev–Trinajstić information content (AvgIpc) is 2.69. The van der Waals surface area contributed by atoms with Crippen LogP contribution >= 0.6 is 0 Å². The molecule has 0 bridgehead atoms. The number of amides is 1. The predicted octanol–water partition coefficient (Wildman–Crippen LogP) is 0.767. The fourth-order valence-corrected chi connectivity index (χ4v) is 1.71. The Bertz CT molecular complexity index is 560. The molecule has 0 fully saturated rings. The van der Waals surface area contributed by atoms with E-state index in [-0.39, 0.29) is 5.91 Å². The van der Waals surface area contributed by atoms with Crippen molar-refractivity contribution < 1.29 is 4.79 Å². The molecule has 2 rings (SSSR count). The molecule has 0 saturated carbocycles.